The van der Waals surface area contributed by atoms with Gasteiger partial charge in [-0.25, -0.2) is 32.9 Å². The number of hydrogen-bond donors (Lipinski definition) is 15. The van der Waals surface area contributed by atoms with Gasteiger partial charge < -0.3 is 118 Å². The zero-order valence-electron chi connectivity index (χ0n) is 81.6. The number of rotatable bonds is 41. The Morgan fingerprint density at radius 1 is 0.438 bits per heavy atom. The van der Waals surface area contributed by atoms with Gasteiger partial charge in [0.25, 0.3) is 0 Å². The number of ether oxygens (including phenoxy) is 4. The average Bonchev–Trinajstić information content (AvgIpc) is 0.911. The van der Waals surface area contributed by atoms with Crippen molar-refractivity contribution in [3.05, 3.63) is 173 Å². The number of carboxylic acids is 2. The predicted octanol–water partition coefficient (Wildman–Crippen LogP) is 5.14. The molecule has 4 aromatic carbocycles. The molecule has 42 nitrogen and oxygen atoms in total. The summed E-state index contributed by atoms with van der Waals surface area (Å²) in [6.07, 6.45) is 9.95. The molecular formula is C100H134F2N22O20. The summed E-state index contributed by atoms with van der Waals surface area (Å²) in [5, 5.41) is 57.4. The maximum Gasteiger partial charge on any atom is 0.408 e. The minimum atomic E-state index is -1.33. The molecule has 4 fully saturated rings. The van der Waals surface area contributed by atoms with Crippen LogP contribution in [-0.2, 0) is 89.7 Å². The summed E-state index contributed by atoms with van der Waals surface area (Å²) in [5.41, 5.74) is 4.41. The number of carbonyl (C=O) groups excluding carboxylic acids is 12. The number of methoxy groups -OCH3 is 2. The van der Waals surface area contributed by atoms with Crippen molar-refractivity contribution in [3.63, 3.8) is 0 Å². The van der Waals surface area contributed by atoms with Crippen LogP contribution < -0.4 is 69.1 Å². The van der Waals surface area contributed by atoms with Gasteiger partial charge >= 0.3 is 36.1 Å². The largest absolute Gasteiger partial charge is 0.481 e. The quantitative estimate of drug-likeness (QED) is 0.0134. The fourth-order valence-electron chi connectivity index (χ4n) is 16.8. The van der Waals surface area contributed by atoms with Crippen molar-refractivity contribution in [3.8, 4) is 0 Å². The van der Waals surface area contributed by atoms with Gasteiger partial charge in [-0.15, -0.1) is 0 Å². The van der Waals surface area contributed by atoms with Gasteiger partial charge in [0.15, 0.2) is 29.5 Å². The molecule has 0 spiro atoms. The van der Waals surface area contributed by atoms with Gasteiger partial charge in [-0.05, 0) is 142 Å². The second-order valence-corrected chi connectivity index (χ2v) is 35.4. The molecule has 9 heterocycles. The number of guanidine groups is 3. The molecule has 10 amide bonds. The van der Waals surface area contributed by atoms with Crippen molar-refractivity contribution in [1.29, 1.82) is 0 Å². The number of esters is 2. The maximum atomic E-state index is 13.6. The third kappa shape index (κ3) is 38.2. The lowest BCUT2D eigenvalue weighted by Gasteiger charge is -2.32. The molecule has 2 aromatic heterocycles. The third-order valence-electron chi connectivity index (χ3n) is 25.1. The molecule has 1 unspecified atom stereocenters. The number of pyridine rings is 2. The first-order valence-electron chi connectivity index (χ1n) is 49.0. The van der Waals surface area contributed by atoms with Crippen molar-refractivity contribution in [2.75, 3.05) is 150 Å². The molecule has 44 heteroatoms. The number of carboxylic acid groups (broad SMARTS) is 2. The lowest BCUT2D eigenvalue weighted by molar-refractivity contribution is -0.143. The summed E-state index contributed by atoms with van der Waals surface area (Å²) in [7, 11) is 2.54. The Kier molecular flexibility index (Phi) is 46.1. The highest BCUT2D eigenvalue weighted by Gasteiger charge is 2.36. The van der Waals surface area contributed by atoms with Gasteiger partial charge in [0, 0.05) is 178 Å². The lowest BCUT2D eigenvalue weighted by atomic mass is 9.94. The fraction of sp³-hybridized carbons (Fsp3) is 0.510. The van der Waals surface area contributed by atoms with Crippen LogP contribution in [0.2, 0.25) is 0 Å². The smallest absolute Gasteiger partial charge is 0.408 e. The number of piperidine rings is 4. The van der Waals surface area contributed by atoms with Crippen LogP contribution in [0.1, 0.15) is 155 Å². The number of para-hydroxylation sites is 1. The molecule has 0 aliphatic carbocycles. The summed E-state index contributed by atoms with van der Waals surface area (Å²) >= 11 is 0. The Labute approximate surface area is 834 Å². The molecule has 6 aromatic rings. The van der Waals surface area contributed by atoms with E-state index in [0.29, 0.717) is 175 Å². The van der Waals surface area contributed by atoms with Crippen molar-refractivity contribution in [2.45, 2.75) is 160 Å². The number of alkyl carbamates (subject to hydrolysis) is 2. The number of halogens is 2. The zero-order chi connectivity index (χ0) is 103. The number of anilines is 1. The summed E-state index contributed by atoms with van der Waals surface area (Å²) < 4.78 is 46.6. The molecule has 15 N–H and O–H groups in total. The van der Waals surface area contributed by atoms with E-state index >= 15 is 0 Å². The molecule has 7 aliphatic heterocycles. The number of fused-ring (bicyclic) bond motifs is 1. The standard InChI is InChI=1S/C27H35N5O6.C26H34N6O4.C25H36N6O6.C22H29F2N5O4/c1-19-7-5-13-28-24(19)29-14-6-10-23(33)32-15-11-21(12-16-32)25(34)30-17-22(26(35)36)31-27(37)38-18-20-8-3-2-4-9-20;1-36-24(34)16-22(20-15-19-5-2-3-6-21(19)30-17-20)31-25(35)18-8-13-32(14-9-18)23(33)7-4-10-27-26-28-11-12-29-26;1-36-23(34)20(30-25(35)37-17-18-6-3-2-4-7-18)16-29-22(33)19-9-14-31(15-10-19)21(32)8-5-11-26-24-27-12-13-28-24;23-16-4-3-15(12-17(16)24)18(13-20(31)32)28-21(33)14-5-10-29(11-6-14)19(30)2-1-7-25-22-26-8-9-27-22/h2-5,7-9,13,21-22H,6,10-12,14-18H2,1H3,(H,28,29)(H,30,34)(H,31,37)(H,35,36);2-3,5-6,15,17-18,22H,4,7-14,16H2,1H3,(H,31,35)(H2,27,28,29);2-4,6-7,19-20H,5,8-17H2,1H3,(H,29,33)(H,30,35)(H2,26,27,28);3-4,12,14,18H,1-2,5-11,13H2,(H,28,33)(H,31,32)(H2,25,26,27)/t2*22-;20-;/m000./s1. The Hall–Kier alpha value is -14.9. The van der Waals surface area contributed by atoms with Gasteiger partial charge in [-0.2, -0.15) is 0 Å². The Morgan fingerprint density at radius 2 is 0.847 bits per heavy atom. The van der Waals surface area contributed by atoms with E-state index in [1.54, 1.807) is 51.4 Å². The van der Waals surface area contributed by atoms with Crippen molar-refractivity contribution in [1.82, 2.24) is 93.4 Å². The normalized spacial score (nSPS) is 16.0. The number of carbonyl (C=O) groups is 14. The van der Waals surface area contributed by atoms with E-state index in [1.165, 1.54) is 20.3 Å². The van der Waals surface area contributed by atoms with Crippen LogP contribution in [0.15, 0.2) is 149 Å². The molecular weight excluding hydrogens is 1870 g/mol. The minimum absolute atomic E-state index is 0.00306. The number of amides is 10. The first-order valence-corrected chi connectivity index (χ1v) is 49.0. The van der Waals surface area contributed by atoms with Crippen LogP contribution >= 0.6 is 0 Å². The molecule has 4 saturated heterocycles. The number of nitrogens with one attached hydrogen (secondary N) is 13. The zero-order valence-corrected chi connectivity index (χ0v) is 81.6. The molecule has 0 radical (unpaired) electrons. The monoisotopic (exact) mass is 2000 g/mol. The van der Waals surface area contributed by atoms with Crippen LogP contribution in [0.25, 0.3) is 10.9 Å². The molecule has 4 atom stereocenters. The van der Waals surface area contributed by atoms with Crippen LogP contribution in [0.3, 0.4) is 0 Å². The second kappa shape index (κ2) is 59.7. The van der Waals surface area contributed by atoms with Gasteiger partial charge in [0.05, 0.1) is 64.3 Å². The van der Waals surface area contributed by atoms with Crippen LogP contribution in [0, 0.1) is 42.2 Å². The second-order valence-electron chi connectivity index (χ2n) is 35.4. The van der Waals surface area contributed by atoms with Gasteiger partial charge in [0.1, 0.15) is 31.1 Å². The van der Waals surface area contributed by atoms with Gasteiger partial charge in [-0.1, -0.05) is 91.0 Å². The number of aromatic nitrogens is 2. The van der Waals surface area contributed by atoms with Crippen LogP contribution in [0.5, 0.6) is 0 Å². The predicted molar refractivity (Wildman–Crippen MR) is 528 cm³/mol. The fourth-order valence-corrected chi connectivity index (χ4v) is 16.8. The highest BCUT2D eigenvalue weighted by atomic mass is 19.2. The first kappa shape index (κ1) is 111. The first-order chi connectivity index (χ1) is 69.6. The Morgan fingerprint density at radius 3 is 1.25 bits per heavy atom. The summed E-state index contributed by atoms with van der Waals surface area (Å²) in [6.45, 7) is 13.0. The van der Waals surface area contributed by atoms with Gasteiger partial charge in [0.2, 0.25) is 47.3 Å². The van der Waals surface area contributed by atoms with E-state index in [4.69, 9.17) is 24.1 Å². The lowest BCUT2D eigenvalue weighted by Crippen LogP contribution is -2.51. The van der Waals surface area contributed by atoms with Crippen molar-refractivity contribution < 1.29 is 105 Å². The maximum absolute atomic E-state index is 13.6. The van der Waals surface area contributed by atoms with E-state index in [1.807, 2.05) is 90.7 Å². The number of hydrogen-bond acceptors (Lipinski definition) is 30. The van der Waals surface area contributed by atoms with E-state index in [-0.39, 0.29) is 109 Å². The summed E-state index contributed by atoms with van der Waals surface area (Å²) in [6, 6.07) is 30.8. The van der Waals surface area contributed by atoms with Crippen LogP contribution in [0.4, 0.5) is 24.2 Å². The highest BCUT2D eigenvalue weighted by molar-refractivity contribution is 5.88. The SMILES string of the molecule is COC(=O)C[C@H](NC(=O)C1CCN(C(=O)CCCNC2=NCCN2)CC1)c1cnc2ccccc2c1.COC(=O)[C@H](CNC(=O)C1CCN(C(=O)CCCNC2=NCCN2)CC1)NC(=O)OCc1ccccc1.Cc1cccnc1NCCCC(=O)N1CCC(C(=O)NC[C@H](NC(=O)OCc2ccccc2)C(=O)O)CC1.O=C(O)CC(NC(=O)C1CCN(C(=O)CCCNC2=NCCN2)CC1)c1ccc(F)c(F)c1. The van der Waals surface area contributed by atoms with Crippen LogP contribution in [-0.4, -0.2) is 298 Å². The minimum Gasteiger partial charge on any atom is -0.481 e. The average molecular weight is 2000 g/mol. The number of likely N-dealkylation sites (tertiary alicyclic amines) is 4. The molecule has 0 saturated carbocycles. The number of nitrogens with zero attached hydrogens (tertiary/aromatic N) is 9. The summed E-state index contributed by atoms with van der Waals surface area (Å²) in [5.74, 6) is -4.45. The molecule has 778 valence electrons. The van der Waals surface area contributed by atoms with E-state index < -0.39 is 78.3 Å². The number of aliphatic carboxylic acids is 2. The van der Waals surface area contributed by atoms with E-state index in [9.17, 15) is 81.0 Å². The number of aliphatic imine (C=N–C) groups is 3. The molecule has 0 bridgehead atoms. The van der Waals surface area contributed by atoms with Crippen molar-refractivity contribution >= 4 is 118 Å². The van der Waals surface area contributed by atoms with E-state index in [0.717, 1.165) is 115 Å². The third-order valence-corrected chi connectivity index (χ3v) is 25.1. The molecule has 13 rings (SSSR count). The number of benzene rings is 4. The summed E-state index contributed by atoms with van der Waals surface area (Å²) in [4.78, 5) is 201. The topological polar surface area (TPSA) is 549 Å². The van der Waals surface area contributed by atoms with E-state index in [2.05, 4.69) is 94.1 Å². The van der Waals surface area contributed by atoms with Gasteiger partial charge in [-0.3, -0.25) is 67.9 Å². The van der Waals surface area contributed by atoms with Crippen molar-refractivity contribution in [2.24, 2.45) is 38.6 Å². The molecule has 144 heavy (non-hydrogen) atoms. The molecule has 7 aliphatic rings. The Balaban J connectivity index is 0.000000197. The number of aryl methyl sites for hydroxylation is 1. The Bertz CT molecular complexity index is 5350. The highest BCUT2D eigenvalue weighted by Crippen LogP contribution is 2.29.